The molecule has 0 bridgehead atoms. The van der Waals surface area contributed by atoms with E-state index in [4.69, 9.17) is 4.74 Å². The van der Waals surface area contributed by atoms with Gasteiger partial charge < -0.3 is 14.5 Å². The van der Waals surface area contributed by atoms with Crippen LogP contribution in [0.15, 0.2) is 48.5 Å². The fraction of sp³-hybridized carbons (Fsp3) is 0.464. The molecule has 3 aliphatic heterocycles. The first-order valence-electron chi connectivity index (χ1n) is 12.6. The van der Waals surface area contributed by atoms with Crippen LogP contribution < -0.4 is 0 Å². The van der Waals surface area contributed by atoms with Crippen LogP contribution in [-0.2, 0) is 9.53 Å². The minimum absolute atomic E-state index is 0.00273. The van der Waals surface area contributed by atoms with Gasteiger partial charge in [-0.15, -0.1) is 0 Å². The van der Waals surface area contributed by atoms with Gasteiger partial charge >= 0.3 is 0 Å². The van der Waals surface area contributed by atoms with Crippen LogP contribution in [0.3, 0.4) is 0 Å². The Bertz CT molecular complexity index is 1120. The topological polar surface area (TPSA) is 70.2 Å². The summed E-state index contributed by atoms with van der Waals surface area (Å²) >= 11 is 0. The molecule has 184 valence electrons. The summed E-state index contributed by atoms with van der Waals surface area (Å²) in [5.41, 5.74) is 2.39. The van der Waals surface area contributed by atoms with Crippen molar-refractivity contribution in [1.82, 2.24) is 14.7 Å². The third-order valence-electron chi connectivity index (χ3n) is 7.69. The van der Waals surface area contributed by atoms with E-state index in [1.165, 1.54) is 0 Å². The second kappa shape index (κ2) is 9.46. The Hall–Kier alpha value is -3.19. The van der Waals surface area contributed by atoms with Crippen molar-refractivity contribution in [1.29, 1.82) is 0 Å². The van der Waals surface area contributed by atoms with Gasteiger partial charge in [0.25, 0.3) is 11.8 Å². The summed E-state index contributed by atoms with van der Waals surface area (Å²) in [5.74, 6) is -0.214. The SMILES string of the molecule is Cc1ccc(C(=O)N2[C@@H](C(=O)N3CCCC3)COC23CCN(C(=O)c2ccccc2C)CC3)cc1. The van der Waals surface area contributed by atoms with Crippen LogP contribution in [0.1, 0.15) is 57.5 Å². The number of aryl methyl sites for hydroxylation is 2. The summed E-state index contributed by atoms with van der Waals surface area (Å²) in [6, 6.07) is 14.4. The van der Waals surface area contributed by atoms with E-state index in [2.05, 4.69) is 0 Å². The molecule has 0 unspecified atom stereocenters. The maximum Gasteiger partial charge on any atom is 0.256 e. The van der Waals surface area contributed by atoms with Gasteiger partial charge in [0.05, 0.1) is 6.61 Å². The monoisotopic (exact) mass is 475 g/mol. The van der Waals surface area contributed by atoms with Gasteiger partial charge in [-0.3, -0.25) is 19.3 Å². The Morgan fingerprint density at radius 2 is 1.49 bits per heavy atom. The lowest BCUT2D eigenvalue weighted by atomic mass is 9.95. The third kappa shape index (κ3) is 4.33. The fourth-order valence-electron chi connectivity index (χ4n) is 5.58. The Morgan fingerprint density at radius 3 is 2.14 bits per heavy atom. The molecule has 2 aromatic carbocycles. The van der Waals surface area contributed by atoms with Gasteiger partial charge in [-0.25, -0.2) is 0 Å². The first kappa shape index (κ1) is 23.5. The molecule has 35 heavy (non-hydrogen) atoms. The van der Waals surface area contributed by atoms with Gasteiger partial charge in [0.15, 0.2) is 0 Å². The predicted molar refractivity (Wildman–Crippen MR) is 132 cm³/mol. The molecule has 3 amide bonds. The third-order valence-corrected chi connectivity index (χ3v) is 7.69. The number of carbonyl (C=O) groups excluding carboxylic acids is 3. The summed E-state index contributed by atoms with van der Waals surface area (Å²) in [4.78, 5) is 45.9. The minimum atomic E-state index is -0.884. The average molecular weight is 476 g/mol. The number of rotatable bonds is 3. The Morgan fingerprint density at radius 1 is 0.829 bits per heavy atom. The zero-order chi connectivity index (χ0) is 24.6. The van der Waals surface area contributed by atoms with Crippen molar-refractivity contribution >= 4 is 17.7 Å². The van der Waals surface area contributed by atoms with Crippen LogP contribution in [0, 0.1) is 13.8 Å². The largest absolute Gasteiger partial charge is 0.353 e. The minimum Gasteiger partial charge on any atom is -0.353 e. The number of piperidine rings is 1. The number of likely N-dealkylation sites (tertiary alicyclic amines) is 2. The van der Waals surface area contributed by atoms with Crippen LogP contribution >= 0.6 is 0 Å². The molecule has 3 heterocycles. The predicted octanol–water partition coefficient (Wildman–Crippen LogP) is 3.40. The number of hydrogen-bond acceptors (Lipinski definition) is 4. The van der Waals surface area contributed by atoms with E-state index in [1.54, 1.807) is 4.90 Å². The van der Waals surface area contributed by atoms with Gasteiger partial charge in [0.2, 0.25) is 5.91 Å². The van der Waals surface area contributed by atoms with Crippen molar-refractivity contribution in [3.8, 4) is 0 Å². The van der Waals surface area contributed by atoms with Crippen molar-refractivity contribution in [2.75, 3.05) is 32.8 Å². The second-order valence-corrected chi connectivity index (χ2v) is 9.95. The zero-order valence-electron chi connectivity index (χ0n) is 20.5. The molecular weight excluding hydrogens is 442 g/mol. The van der Waals surface area contributed by atoms with Crippen LogP contribution in [0.25, 0.3) is 0 Å². The molecule has 0 N–H and O–H groups in total. The molecule has 2 aromatic rings. The van der Waals surface area contributed by atoms with E-state index < -0.39 is 11.8 Å². The number of ether oxygens (including phenoxy) is 1. The summed E-state index contributed by atoms with van der Waals surface area (Å²) < 4.78 is 6.33. The van der Waals surface area contributed by atoms with Crippen molar-refractivity contribution < 1.29 is 19.1 Å². The number of hydrogen-bond donors (Lipinski definition) is 0. The van der Waals surface area contributed by atoms with E-state index in [-0.39, 0.29) is 24.3 Å². The van der Waals surface area contributed by atoms with E-state index in [1.807, 2.05) is 72.2 Å². The molecular formula is C28H33N3O4. The Labute approximate surface area is 206 Å². The molecule has 7 nitrogen and oxygen atoms in total. The molecule has 0 aliphatic carbocycles. The van der Waals surface area contributed by atoms with Gasteiger partial charge in [0.1, 0.15) is 11.8 Å². The average Bonchev–Trinajstić information content (AvgIpc) is 3.53. The van der Waals surface area contributed by atoms with Gasteiger partial charge in [0, 0.05) is 50.1 Å². The fourth-order valence-corrected chi connectivity index (χ4v) is 5.58. The number of amides is 3. The van der Waals surface area contributed by atoms with Gasteiger partial charge in [-0.05, 0) is 50.5 Å². The van der Waals surface area contributed by atoms with Crippen LogP contribution in [0.5, 0.6) is 0 Å². The highest BCUT2D eigenvalue weighted by Gasteiger charge is 2.55. The van der Waals surface area contributed by atoms with Crippen LogP contribution in [-0.4, -0.2) is 77.0 Å². The quantitative estimate of drug-likeness (QED) is 0.682. The molecule has 0 aromatic heterocycles. The second-order valence-electron chi connectivity index (χ2n) is 9.95. The maximum atomic E-state index is 13.8. The van der Waals surface area contributed by atoms with Crippen molar-refractivity contribution in [3.05, 3.63) is 70.8 Å². The zero-order valence-corrected chi connectivity index (χ0v) is 20.5. The van der Waals surface area contributed by atoms with E-state index in [0.717, 1.165) is 37.1 Å². The highest BCUT2D eigenvalue weighted by molar-refractivity contribution is 5.99. The standard InChI is InChI=1S/C28H33N3O4/c1-20-9-11-22(12-10-20)25(32)31-24(27(34)29-15-5-6-16-29)19-35-28(31)13-17-30(18-14-28)26(33)23-8-4-3-7-21(23)2/h3-4,7-12,24H,5-6,13-19H2,1-2H3/t24-/m1/s1. The lowest BCUT2D eigenvalue weighted by Crippen LogP contribution is -2.60. The molecule has 3 saturated heterocycles. The van der Waals surface area contributed by atoms with Crippen LogP contribution in [0.4, 0.5) is 0 Å². The van der Waals surface area contributed by atoms with Crippen molar-refractivity contribution in [3.63, 3.8) is 0 Å². The van der Waals surface area contributed by atoms with Crippen LogP contribution in [0.2, 0.25) is 0 Å². The molecule has 0 saturated carbocycles. The maximum absolute atomic E-state index is 13.8. The lowest BCUT2D eigenvalue weighted by molar-refractivity contribution is -0.136. The molecule has 7 heteroatoms. The lowest BCUT2D eigenvalue weighted by Gasteiger charge is -2.45. The number of carbonyl (C=O) groups is 3. The normalized spacial score (nSPS) is 21.5. The Balaban J connectivity index is 1.40. The van der Waals surface area contributed by atoms with E-state index >= 15 is 0 Å². The molecule has 3 fully saturated rings. The van der Waals surface area contributed by atoms with Crippen molar-refractivity contribution in [2.24, 2.45) is 0 Å². The molecule has 1 atom stereocenters. The number of benzene rings is 2. The smallest absolute Gasteiger partial charge is 0.256 e. The molecule has 1 spiro atoms. The van der Waals surface area contributed by atoms with E-state index in [9.17, 15) is 14.4 Å². The summed E-state index contributed by atoms with van der Waals surface area (Å²) in [7, 11) is 0. The summed E-state index contributed by atoms with van der Waals surface area (Å²) in [6.45, 7) is 6.51. The van der Waals surface area contributed by atoms with Gasteiger partial charge in [-0.2, -0.15) is 0 Å². The summed E-state index contributed by atoms with van der Waals surface area (Å²) in [6.07, 6.45) is 2.94. The van der Waals surface area contributed by atoms with Gasteiger partial charge in [-0.1, -0.05) is 35.9 Å². The molecule has 3 aliphatic rings. The highest BCUT2D eigenvalue weighted by Crippen LogP contribution is 2.39. The summed E-state index contributed by atoms with van der Waals surface area (Å²) in [5, 5.41) is 0. The highest BCUT2D eigenvalue weighted by atomic mass is 16.5. The van der Waals surface area contributed by atoms with E-state index in [0.29, 0.717) is 37.1 Å². The number of nitrogens with zero attached hydrogens (tertiary/aromatic N) is 3. The molecule has 5 rings (SSSR count). The molecule has 0 radical (unpaired) electrons. The first-order chi connectivity index (χ1) is 16.9. The van der Waals surface area contributed by atoms with Crippen molar-refractivity contribution in [2.45, 2.75) is 51.3 Å². The Kier molecular flexibility index (Phi) is 6.36. The first-order valence-corrected chi connectivity index (χ1v) is 12.6.